The number of carbonyl (C=O) groups is 2. The molecule has 1 atom stereocenters. The van der Waals surface area contributed by atoms with Crippen LogP contribution in [-0.4, -0.2) is 44.3 Å². The summed E-state index contributed by atoms with van der Waals surface area (Å²) in [5.41, 5.74) is 2.98. The predicted octanol–water partition coefficient (Wildman–Crippen LogP) is 5.45. The van der Waals surface area contributed by atoms with E-state index in [1.807, 2.05) is 58.0 Å². The van der Waals surface area contributed by atoms with Gasteiger partial charge < -0.3 is 10.2 Å². The molecule has 3 rings (SSSR count). The minimum Gasteiger partial charge on any atom is -0.354 e. The number of nitrogens with zero attached hydrogens (tertiary/aromatic N) is 2. The fourth-order valence-electron chi connectivity index (χ4n) is 3.97. The molecular formula is C30H36BrN3O4S. The SMILES string of the molecule is Cc1ccc(S(=O)(=O)N(CC(=O)N(Cc2ccc(Br)cc2)[C@@H](C)C(=O)NCC(C)C)c2cccc(C)c2)cc1. The highest BCUT2D eigenvalue weighted by Gasteiger charge is 2.32. The fraction of sp³-hybridized carbons (Fsp3) is 0.333. The topological polar surface area (TPSA) is 86.8 Å². The molecule has 0 saturated carbocycles. The minimum atomic E-state index is -4.08. The van der Waals surface area contributed by atoms with Gasteiger partial charge in [0, 0.05) is 17.6 Å². The first-order valence-corrected chi connectivity index (χ1v) is 15.1. The highest BCUT2D eigenvalue weighted by atomic mass is 79.9. The monoisotopic (exact) mass is 613 g/mol. The maximum absolute atomic E-state index is 13.9. The largest absolute Gasteiger partial charge is 0.354 e. The molecule has 0 aliphatic carbocycles. The van der Waals surface area contributed by atoms with E-state index in [9.17, 15) is 18.0 Å². The molecule has 0 aromatic heterocycles. The summed E-state index contributed by atoms with van der Waals surface area (Å²) in [7, 11) is -4.08. The van der Waals surface area contributed by atoms with Crippen LogP contribution in [-0.2, 0) is 26.2 Å². The zero-order valence-electron chi connectivity index (χ0n) is 23.0. The van der Waals surface area contributed by atoms with Crippen LogP contribution in [0.4, 0.5) is 5.69 Å². The molecule has 0 aliphatic heterocycles. The number of hydrogen-bond donors (Lipinski definition) is 1. The van der Waals surface area contributed by atoms with Crippen molar-refractivity contribution in [1.82, 2.24) is 10.2 Å². The number of benzene rings is 3. The second-order valence-electron chi connectivity index (χ2n) is 10.1. The van der Waals surface area contributed by atoms with E-state index in [-0.39, 0.29) is 23.3 Å². The molecule has 7 nitrogen and oxygen atoms in total. The summed E-state index contributed by atoms with van der Waals surface area (Å²) in [6.45, 7) is 9.55. The number of halogens is 1. The molecular weight excluding hydrogens is 578 g/mol. The molecule has 0 saturated heterocycles. The van der Waals surface area contributed by atoms with Gasteiger partial charge in [-0.1, -0.05) is 71.7 Å². The maximum Gasteiger partial charge on any atom is 0.264 e. The van der Waals surface area contributed by atoms with Gasteiger partial charge >= 0.3 is 0 Å². The molecule has 9 heteroatoms. The third-order valence-corrected chi connectivity index (χ3v) is 8.61. The Bertz CT molecular complexity index is 1390. The zero-order valence-corrected chi connectivity index (χ0v) is 25.4. The summed E-state index contributed by atoms with van der Waals surface area (Å²) in [6.07, 6.45) is 0. The zero-order chi connectivity index (χ0) is 28.7. The number of rotatable bonds is 11. The Kier molecular flexibility index (Phi) is 10.3. The van der Waals surface area contributed by atoms with Crippen LogP contribution in [0.5, 0.6) is 0 Å². The van der Waals surface area contributed by atoms with Gasteiger partial charge in [-0.25, -0.2) is 8.42 Å². The Balaban J connectivity index is 2.01. The summed E-state index contributed by atoms with van der Waals surface area (Å²) < 4.78 is 29.7. The van der Waals surface area contributed by atoms with Gasteiger partial charge in [-0.15, -0.1) is 0 Å². The van der Waals surface area contributed by atoms with E-state index in [4.69, 9.17) is 0 Å². The third-order valence-electron chi connectivity index (χ3n) is 6.30. The molecule has 39 heavy (non-hydrogen) atoms. The average molecular weight is 615 g/mol. The van der Waals surface area contributed by atoms with Crippen LogP contribution >= 0.6 is 15.9 Å². The van der Waals surface area contributed by atoms with E-state index in [1.54, 1.807) is 49.4 Å². The molecule has 3 aromatic rings. The van der Waals surface area contributed by atoms with Crippen LogP contribution in [0.15, 0.2) is 82.2 Å². The molecule has 208 valence electrons. The van der Waals surface area contributed by atoms with Crippen LogP contribution in [0.3, 0.4) is 0 Å². The number of hydrogen-bond acceptors (Lipinski definition) is 4. The predicted molar refractivity (Wildman–Crippen MR) is 159 cm³/mol. The molecule has 0 bridgehead atoms. The average Bonchev–Trinajstić information content (AvgIpc) is 2.89. The standard InChI is InChI=1S/C30H36BrN3O4S/c1-21(2)18-32-30(36)24(5)33(19-25-11-13-26(31)14-12-25)29(35)20-34(27-8-6-7-23(4)17-27)39(37,38)28-15-9-22(3)10-16-28/h6-17,21,24H,18-20H2,1-5H3,(H,32,36)/t24-/m0/s1. The lowest BCUT2D eigenvalue weighted by Gasteiger charge is -2.32. The highest BCUT2D eigenvalue weighted by Crippen LogP contribution is 2.26. The second kappa shape index (κ2) is 13.3. The maximum atomic E-state index is 13.9. The number of nitrogens with one attached hydrogen (secondary N) is 1. The van der Waals surface area contributed by atoms with Gasteiger partial charge in [-0.3, -0.25) is 13.9 Å². The Morgan fingerprint density at radius 3 is 2.13 bits per heavy atom. The Morgan fingerprint density at radius 2 is 1.54 bits per heavy atom. The van der Waals surface area contributed by atoms with Crippen molar-refractivity contribution in [3.05, 3.63) is 94.0 Å². The van der Waals surface area contributed by atoms with Crippen molar-refractivity contribution in [1.29, 1.82) is 0 Å². The first kappa shape index (κ1) is 30.4. The van der Waals surface area contributed by atoms with Gasteiger partial charge in [-0.05, 0) is 74.2 Å². The summed E-state index contributed by atoms with van der Waals surface area (Å²) in [5, 5.41) is 2.89. The summed E-state index contributed by atoms with van der Waals surface area (Å²) >= 11 is 3.42. The molecule has 1 N–H and O–H groups in total. The van der Waals surface area contributed by atoms with Crippen molar-refractivity contribution < 1.29 is 18.0 Å². The molecule has 2 amide bonds. The number of amides is 2. The van der Waals surface area contributed by atoms with E-state index in [0.717, 1.165) is 25.5 Å². The molecule has 0 aliphatic rings. The normalized spacial score (nSPS) is 12.2. The summed E-state index contributed by atoms with van der Waals surface area (Å²) in [4.78, 5) is 28.5. The lowest BCUT2D eigenvalue weighted by atomic mass is 10.1. The van der Waals surface area contributed by atoms with Crippen LogP contribution < -0.4 is 9.62 Å². The van der Waals surface area contributed by atoms with Crippen LogP contribution in [0.25, 0.3) is 0 Å². The summed E-state index contributed by atoms with van der Waals surface area (Å²) in [6, 6.07) is 20.2. The minimum absolute atomic E-state index is 0.0876. The number of carbonyl (C=O) groups excluding carboxylic acids is 2. The molecule has 0 radical (unpaired) electrons. The Morgan fingerprint density at radius 1 is 0.897 bits per heavy atom. The van der Waals surface area contributed by atoms with Crippen LogP contribution in [0, 0.1) is 19.8 Å². The van der Waals surface area contributed by atoms with Crippen molar-refractivity contribution in [3.63, 3.8) is 0 Å². The summed E-state index contributed by atoms with van der Waals surface area (Å²) in [5.74, 6) is -0.534. The lowest BCUT2D eigenvalue weighted by molar-refractivity contribution is -0.139. The van der Waals surface area contributed by atoms with Crippen molar-refractivity contribution in [2.45, 2.75) is 52.1 Å². The highest BCUT2D eigenvalue weighted by molar-refractivity contribution is 9.10. The van der Waals surface area contributed by atoms with Gasteiger partial charge in [0.25, 0.3) is 10.0 Å². The first-order valence-electron chi connectivity index (χ1n) is 12.9. The van der Waals surface area contributed by atoms with Gasteiger partial charge in [0.05, 0.1) is 10.6 Å². The van der Waals surface area contributed by atoms with Gasteiger partial charge in [-0.2, -0.15) is 0 Å². The Hall–Kier alpha value is -3.17. The van der Waals surface area contributed by atoms with Gasteiger partial charge in [0.2, 0.25) is 11.8 Å². The van der Waals surface area contributed by atoms with E-state index in [0.29, 0.717) is 12.2 Å². The van der Waals surface area contributed by atoms with E-state index < -0.39 is 28.5 Å². The molecule has 0 fully saturated rings. The molecule has 3 aromatic carbocycles. The fourth-order valence-corrected chi connectivity index (χ4v) is 5.64. The molecule has 0 spiro atoms. The molecule has 0 heterocycles. The van der Waals surface area contributed by atoms with Gasteiger partial charge in [0.15, 0.2) is 0 Å². The lowest BCUT2D eigenvalue weighted by Crippen LogP contribution is -2.51. The van der Waals surface area contributed by atoms with E-state index >= 15 is 0 Å². The van der Waals surface area contributed by atoms with Crippen LogP contribution in [0.2, 0.25) is 0 Å². The Labute approximate surface area is 240 Å². The van der Waals surface area contributed by atoms with Crippen molar-refractivity contribution in [2.24, 2.45) is 5.92 Å². The third kappa shape index (κ3) is 8.16. The first-order chi connectivity index (χ1) is 18.4. The number of anilines is 1. The van der Waals surface area contributed by atoms with Gasteiger partial charge in [0.1, 0.15) is 12.6 Å². The van der Waals surface area contributed by atoms with Crippen molar-refractivity contribution in [3.8, 4) is 0 Å². The number of sulfonamides is 1. The van der Waals surface area contributed by atoms with E-state index in [1.165, 1.54) is 4.90 Å². The second-order valence-corrected chi connectivity index (χ2v) is 12.9. The van der Waals surface area contributed by atoms with E-state index in [2.05, 4.69) is 21.2 Å². The smallest absolute Gasteiger partial charge is 0.264 e. The van der Waals surface area contributed by atoms with Crippen molar-refractivity contribution in [2.75, 3.05) is 17.4 Å². The quantitative estimate of drug-likeness (QED) is 0.311. The molecule has 0 unspecified atom stereocenters. The van der Waals surface area contributed by atoms with Crippen LogP contribution in [0.1, 0.15) is 37.5 Å². The van der Waals surface area contributed by atoms with Crippen molar-refractivity contribution >= 4 is 43.5 Å². The number of aryl methyl sites for hydroxylation is 2.